The van der Waals surface area contributed by atoms with E-state index in [0.717, 1.165) is 22.4 Å². The Labute approximate surface area is 159 Å². The lowest BCUT2D eigenvalue weighted by Gasteiger charge is -2.27. The minimum absolute atomic E-state index is 0.0986. The number of aryl methyl sites for hydroxylation is 1. The number of aromatic nitrogens is 2. The first-order chi connectivity index (χ1) is 13.0. The molecule has 0 bridgehead atoms. The van der Waals surface area contributed by atoms with Crippen LogP contribution in [0.2, 0.25) is 0 Å². The van der Waals surface area contributed by atoms with Gasteiger partial charge in [0.05, 0.1) is 13.4 Å². The Kier molecular flexibility index (Phi) is 4.49. The van der Waals surface area contributed by atoms with Gasteiger partial charge in [0.15, 0.2) is 5.03 Å². The molecule has 1 aliphatic rings. The quantitative estimate of drug-likeness (QED) is 0.695. The fraction of sp³-hybridized carbons (Fsp3) is 0.250. The third-order valence-corrected chi connectivity index (χ3v) is 6.60. The van der Waals surface area contributed by atoms with Gasteiger partial charge >= 0.3 is 0 Å². The van der Waals surface area contributed by atoms with Crippen LogP contribution in [0.4, 0.5) is 0 Å². The fourth-order valence-corrected chi connectivity index (χ4v) is 4.75. The van der Waals surface area contributed by atoms with Gasteiger partial charge in [-0.15, -0.1) is 0 Å². The summed E-state index contributed by atoms with van der Waals surface area (Å²) >= 11 is 0. The fourth-order valence-electron chi connectivity index (χ4n) is 3.37. The van der Waals surface area contributed by atoms with Crippen molar-refractivity contribution in [2.45, 2.75) is 18.0 Å². The molecular weight excluding hydrogens is 362 g/mol. The molecule has 2 heterocycles. The Morgan fingerprint density at radius 1 is 1.07 bits per heavy atom. The summed E-state index contributed by atoms with van der Waals surface area (Å²) in [6.45, 7) is 0.820. The summed E-state index contributed by atoms with van der Waals surface area (Å²) in [6, 6.07) is 14.1. The van der Waals surface area contributed by atoms with Crippen LogP contribution in [0.25, 0.3) is 11.1 Å². The molecule has 0 fully saturated rings. The molecule has 0 atom stereocenters. The molecule has 1 aliphatic heterocycles. The zero-order chi connectivity index (χ0) is 19.0. The van der Waals surface area contributed by atoms with Crippen molar-refractivity contribution >= 4 is 10.0 Å². The number of rotatable bonds is 4. The maximum Gasteiger partial charge on any atom is 0.262 e. The van der Waals surface area contributed by atoms with Crippen LogP contribution >= 0.6 is 0 Å². The van der Waals surface area contributed by atoms with Crippen LogP contribution in [0, 0.1) is 0 Å². The van der Waals surface area contributed by atoms with E-state index in [4.69, 9.17) is 4.74 Å². The Hall–Kier alpha value is -2.64. The SMILES string of the molecule is COc1cccc(-c2ccc3c(c2)CCN(S(=O)(=O)c2cn(C)cn2)C3)c1. The molecule has 0 saturated carbocycles. The van der Waals surface area contributed by atoms with Crippen LogP contribution in [-0.2, 0) is 30.0 Å². The van der Waals surface area contributed by atoms with Crippen molar-refractivity contribution < 1.29 is 13.2 Å². The first-order valence-corrected chi connectivity index (χ1v) is 10.2. The molecule has 0 spiro atoms. The third-order valence-electron chi connectivity index (χ3n) is 4.87. The molecule has 0 N–H and O–H groups in total. The summed E-state index contributed by atoms with van der Waals surface area (Å²) in [7, 11) is -0.153. The van der Waals surface area contributed by atoms with Crippen molar-refractivity contribution in [1.29, 1.82) is 0 Å². The van der Waals surface area contributed by atoms with E-state index in [2.05, 4.69) is 11.1 Å². The summed E-state index contributed by atoms with van der Waals surface area (Å²) in [5, 5.41) is 0.0986. The first-order valence-electron chi connectivity index (χ1n) is 8.72. The van der Waals surface area contributed by atoms with Gasteiger partial charge in [-0.25, -0.2) is 13.4 Å². The molecule has 2 aromatic carbocycles. The van der Waals surface area contributed by atoms with Crippen LogP contribution in [0.1, 0.15) is 11.1 Å². The summed E-state index contributed by atoms with van der Waals surface area (Å²) in [6.07, 6.45) is 3.72. The predicted octanol–water partition coefficient (Wildman–Crippen LogP) is 2.84. The van der Waals surface area contributed by atoms with E-state index in [1.54, 1.807) is 18.7 Å². The van der Waals surface area contributed by atoms with Gasteiger partial charge in [-0.2, -0.15) is 4.31 Å². The van der Waals surface area contributed by atoms with Gasteiger partial charge < -0.3 is 9.30 Å². The molecule has 0 amide bonds. The zero-order valence-corrected chi connectivity index (χ0v) is 16.1. The Morgan fingerprint density at radius 2 is 1.89 bits per heavy atom. The molecule has 0 aliphatic carbocycles. The normalized spacial score (nSPS) is 14.7. The number of imidazole rings is 1. The summed E-state index contributed by atoms with van der Waals surface area (Å²) in [5.41, 5.74) is 4.41. The third kappa shape index (κ3) is 3.36. The highest BCUT2D eigenvalue weighted by Crippen LogP contribution is 2.30. The van der Waals surface area contributed by atoms with Gasteiger partial charge in [0, 0.05) is 26.3 Å². The number of sulfonamides is 1. The van der Waals surface area contributed by atoms with Crippen molar-refractivity contribution in [1.82, 2.24) is 13.9 Å². The summed E-state index contributed by atoms with van der Waals surface area (Å²) in [5.74, 6) is 0.817. The van der Waals surface area contributed by atoms with Crippen LogP contribution in [0.15, 0.2) is 60.0 Å². The molecule has 0 radical (unpaired) electrons. The van der Waals surface area contributed by atoms with Gasteiger partial charge in [0.25, 0.3) is 10.0 Å². The van der Waals surface area contributed by atoms with Gasteiger partial charge in [-0.3, -0.25) is 0 Å². The summed E-state index contributed by atoms with van der Waals surface area (Å²) < 4.78 is 34.1. The molecule has 4 rings (SSSR count). The minimum Gasteiger partial charge on any atom is -0.497 e. The second kappa shape index (κ2) is 6.83. The Bertz CT molecular complexity index is 1090. The van der Waals surface area contributed by atoms with Crippen molar-refractivity contribution in [3.63, 3.8) is 0 Å². The molecule has 140 valence electrons. The second-order valence-electron chi connectivity index (χ2n) is 6.68. The Morgan fingerprint density at radius 3 is 2.63 bits per heavy atom. The highest BCUT2D eigenvalue weighted by atomic mass is 32.2. The zero-order valence-electron chi connectivity index (χ0n) is 15.3. The van der Waals surface area contributed by atoms with E-state index >= 15 is 0 Å². The molecule has 3 aromatic rings. The number of fused-ring (bicyclic) bond motifs is 1. The molecule has 7 heteroatoms. The average molecular weight is 383 g/mol. The molecule has 6 nitrogen and oxygen atoms in total. The topological polar surface area (TPSA) is 64.4 Å². The van der Waals surface area contributed by atoms with Gasteiger partial charge in [-0.1, -0.05) is 30.3 Å². The van der Waals surface area contributed by atoms with E-state index in [9.17, 15) is 8.42 Å². The number of ether oxygens (including phenoxy) is 1. The average Bonchev–Trinajstić information content (AvgIpc) is 3.14. The number of hydrogen-bond donors (Lipinski definition) is 0. The standard InChI is InChI=1S/C20H21N3O3S/c1-22-13-20(21-14-22)27(24,25)23-9-8-17-10-16(6-7-18(17)12-23)15-4-3-5-19(11-15)26-2/h3-7,10-11,13-14H,8-9,12H2,1-2H3. The van der Waals surface area contributed by atoms with Crippen LogP contribution < -0.4 is 4.74 Å². The monoisotopic (exact) mass is 383 g/mol. The van der Waals surface area contributed by atoms with E-state index in [1.807, 2.05) is 36.4 Å². The smallest absolute Gasteiger partial charge is 0.262 e. The molecule has 0 unspecified atom stereocenters. The van der Waals surface area contributed by atoms with Gasteiger partial charge in [0.2, 0.25) is 0 Å². The number of nitrogens with zero attached hydrogens (tertiary/aromatic N) is 3. The minimum atomic E-state index is -3.57. The van der Waals surface area contributed by atoms with E-state index in [-0.39, 0.29) is 5.03 Å². The highest BCUT2D eigenvalue weighted by molar-refractivity contribution is 7.89. The number of hydrogen-bond acceptors (Lipinski definition) is 4. The molecular formula is C20H21N3O3S. The van der Waals surface area contributed by atoms with Crippen molar-refractivity contribution in [2.75, 3.05) is 13.7 Å². The largest absolute Gasteiger partial charge is 0.497 e. The van der Waals surface area contributed by atoms with Crippen molar-refractivity contribution in [3.05, 3.63) is 66.1 Å². The van der Waals surface area contributed by atoms with Gasteiger partial charge in [-0.05, 0) is 40.8 Å². The van der Waals surface area contributed by atoms with Crippen molar-refractivity contribution in [2.24, 2.45) is 7.05 Å². The molecule has 27 heavy (non-hydrogen) atoms. The lowest BCUT2D eigenvalue weighted by atomic mass is 9.95. The predicted molar refractivity (Wildman–Crippen MR) is 103 cm³/mol. The molecule has 1 aromatic heterocycles. The molecule has 0 saturated heterocycles. The van der Waals surface area contributed by atoms with Crippen LogP contribution in [-0.4, -0.2) is 35.9 Å². The van der Waals surface area contributed by atoms with Gasteiger partial charge in [0.1, 0.15) is 5.75 Å². The summed E-state index contributed by atoms with van der Waals surface area (Å²) in [4.78, 5) is 4.01. The van der Waals surface area contributed by atoms with E-state index in [1.165, 1.54) is 22.4 Å². The first kappa shape index (κ1) is 17.8. The van der Waals surface area contributed by atoms with Crippen molar-refractivity contribution in [3.8, 4) is 16.9 Å². The lowest BCUT2D eigenvalue weighted by Crippen LogP contribution is -2.36. The maximum atomic E-state index is 12.8. The van der Waals surface area contributed by atoms with Crippen LogP contribution in [0.5, 0.6) is 5.75 Å². The van der Waals surface area contributed by atoms with Crippen LogP contribution in [0.3, 0.4) is 0 Å². The van der Waals surface area contributed by atoms with E-state index in [0.29, 0.717) is 19.5 Å². The lowest BCUT2D eigenvalue weighted by molar-refractivity contribution is 0.390. The maximum absolute atomic E-state index is 12.8. The highest BCUT2D eigenvalue weighted by Gasteiger charge is 2.30. The number of methoxy groups -OCH3 is 1. The Balaban J connectivity index is 1.61. The van der Waals surface area contributed by atoms with E-state index < -0.39 is 10.0 Å². The second-order valence-corrected chi connectivity index (χ2v) is 8.57. The number of benzene rings is 2.